The van der Waals surface area contributed by atoms with Gasteiger partial charge in [-0.05, 0) is 47.5 Å². The molecule has 0 saturated carbocycles. The molecule has 8 heteroatoms. The summed E-state index contributed by atoms with van der Waals surface area (Å²) in [7, 11) is 4.55. The molecule has 35 heavy (non-hydrogen) atoms. The predicted molar refractivity (Wildman–Crippen MR) is 132 cm³/mol. The molecule has 2 heterocycles. The van der Waals surface area contributed by atoms with E-state index in [0.29, 0.717) is 38.8 Å². The van der Waals surface area contributed by atoms with Gasteiger partial charge in [-0.2, -0.15) is 0 Å². The lowest BCUT2D eigenvalue weighted by Gasteiger charge is -2.26. The highest BCUT2D eigenvalue weighted by Gasteiger charge is 2.43. The Morgan fingerprint density at radius 2 is 1.57 bits per heavy atom. The molecule has 0 N–H and O–H groups in total. The Morgan fingerprint density at radius 1 is 0.914 bits per heavy atom. The van der Waals surface area contributed by atoms with E-state index in [4.69, 9.17) is 30.2 Å². The van der Waals surface area contributed by atoms with Crippen LogP contribution in [0, 0.1) is 0 Å². The first-order valence-corrected chi connectivity index (χ1v) is 11.3. The van der Waals surface area contributed by atoms with Crippen LogP contribution in [0.1, 0.15) is 33.3 Å². The van der Waals surface area contributed by atoms with Gasteiger partial charge in [0.25, 0.3) is 5.91 Å². The number of methoxy groups -OCH3 is 3. The van der Waals surface area contributed by atoms with E-state index in [9.17, 15) is 9.59 Å². The number of para-hydroxylation sites is 1. The van der Waals surface area contributed by atoms with Gasteiger partial charge in [-0.1, -0.05) is 35.9 Å². The van der Waals surface area contributed by atoms with Crippen LogP contribution in [-0.4, -0.2) is 32.1 Å². The highest BCUT2D eigenvalue weighted by molar-refractivity contribution is 6.30. The van der Waals surface area contributed by atoms with Gasteiger partial charge in [-0.25, -0.2) is 0 Å². The van der Waals surface area contributed by atoms with Crippen LogP contribution in [0.15, 0.2) is 69.9 Å². The normalized spacial score (nSPS) is 14.8. The molecule has 5 rings (SSSR count). The first-order chi connectivity index (χ1) is 17.0. The molecule has 178 valence electrons. The van der Waals surface area contributed by atoms with Gasteiger partial charge >= 0.3 is 0 Å². The number of hydrogen-bond acceptors (Lipinski definition) is 6. The third-order valence-corrected chi connectivity index (χ3v) is 6.39. The summed E-state index contributed by atoms with van der Waals surface area (Å²) in [4.78, 5) is 29.0. The predicted octanol–water partition coefficient (Wildman–Crippen LogP) is 5.22. The van der Waals surface area contributed by atoms with Crippen LogP contribution in [0.3, 0.4) is 0 Å². The first-order valence-electron chi connectivity index (χ1n) is 10.9. The van der Waals surface area contributed by atoms with Gasteiger partial charge in [-0.15, -0.1) is 0 Å². The summed E-state index contributed by atoms with van der Waals surface area (Å²) in [6.45, 7) is 0.233. The van der Waals surface area contributed by atoms with E-state index in [1.54, 1.807) is 53.4 Å². The van der Waals surface area contributed by atoms with Crippen LogP contribution in [0.25, 0.3) is 11.0 Å². The number of halogens is 1. The van der Waals surface area contributed by atoms with E-state index in [-0.39, 0.29) is 29.2 Å². The van der Waals surface area contributed by atoms with Crippen molar-refractivity contribution in [3.8, 4) is 17.2 Å². The standard InChI is InChI=1S/C27H22ClNO6/c1-32-20-12-16(13-21(33-2)25(20)34-3)23-22-24(30)18-6-4-5-7-19(18)35-26(22)27(31)29(23)14-15-8-10-17(28)11-9-15/h4-13,23H,14H2,1-3H3. The maximum atomic E-state index is 13.7. The number of carbonyl (C=O) groups excluding carboxylic acids is 1. The summed E-state index contributed by atoms with van der Waals surface area (Å²) in [6.07, 6.45) is 0. The van der Waals surface area contributed by atoms with Crippen molar-refractivity contribution in [2.75, 3.05) is 21.3 Å². The van der Waals surface area contributed by atoms with Gasteiger partial charge in [0.2, 0.25) is 11.5 Å². The van der Waals surface area contributed by atoms with E-state index in [2.05, 4.69) is 0 Å². The fraction of sp³-hybridized carbons (Fsp3) is 0.185. The van der Waals surface area contributed by atoms with E-state index < -0.39 is 6.04 Å². The monoisotopic (exact) mass is 491 g/mol. The smallest absolute Gasteiger partial charge is 0.291 e. The molecular formula is C27H22ClNO6. The van der Waals surface area contributed by atoms with Gasteiger partial charge in [0.15, 0.2) is 16.9 Å². The van der Waals surface area contributed by atoms with Crippen LogP contribution in [0.5, 0.6) is 17.2 Å². The van der Waals surface area contributed by atoms with Crippen LogP contribution >= 0.6 is 11.6 Å². The lowest BCUT2D eigenvalue weighted by molar-refractivity contribution is 0.0714. The van der Waals surface area contributed by atoms with Gasteiger partial charge < -0.3 is 23.5 Å². The molecule has 1 aliphatic heterocycles. The quantitative estimate of drug-likeness (QED) is 0.368. The zero-order valence-electron chi connectivity index (χ0n) is 19.3. The number of benzene rings is 3. The van der Waals surface area contributed by atoms with Gasteiger partial charge in [0.1, 0.15) is 5.58 Å². The zero-order valence-corrected chi connectivity index (χ0v) is 20.1. The summed E-state index contributed by atoms with van der Waals surface area (Å²) in [6, 6.07) is 16.9. The first kappa shape index (κ1) is 22.8. The molecule has 1 amide bonds. The van der Waals surface area contributed by atoms with Crippen molar-refractivity contribution in [2.24, 2.45) is 0 Å². The van der Waals surface area contributed by atoms with Crippen LogP contribution in [-0.2, 0) is 6.54 Å². The number of fused-ring (bicyclic) bond motifs is 2. The van der Waals surface area contributed by atoms with Crippen molar-refractivity contribution in [3.63, 3.8) is 0 Å². The average Bonchev–Trinajstić information content (AvgIpc) is 3.16. The molecule has 0 radical (unpaired) electrons. The van der Waals surface area contributed by atoms with Crippen molar-refractivity contribution >= 4 is 28.5 Å². The van der Waals surface area contributed by atoms with E-state index in [0.717, 1.165) is 5.56 Å². The Kier molecular flexibility index (Phi) is 5.86. The second-order valence-corrected chi connectivity index (χ2v) is 8.53. The minimum absolute atomic E-state index is 0.0291. The third-order valence-electron chi connectivity index (χ3n) is 6.14. The van der Waals surface area contributed by atoms with Crippen molar-refractivity contribution < 1.29 is 23.4 Å². The van der Waals surface area contributed by atoms with Crippen LogP contribution in [0.2, 0.25) is 5.02 Å². The highest BCUT2D eigenvalue weighted by atomic mass is 35.5. The van der Waals surface area contributed by atoms with E-state index in [1.165, 1.54) is 21.3 Å². The highest BCUT2D eigenvalue weighted by Crippen LogP contribution is 2.45. The number of nitrogens with zero attached hydrogens (tertiary/aromatic N) is 1. The molecule has 0 spiro atoms. The zero-order chi connectivity index (χ0) is 24.7. The molecule has 1 aliphatic rings. The Morgan fingerprint density at radius 3 is 2.20 bits per heavy atom. The summed E-state index contributed by atoms with van der Waals surface area (Å²) in [5.41, 5.74) is 1.86. The number of hydrogen-bond donors (Lipinski definition) is 0. The topological polar surface area (TPSA) is 78.2 Å². The Balaban J connectivity index is 1.75. The summed E-state index contributed by atoms with van der Waals surface area (Å²) < 4.78 is 22.5. The van der Waals surface area contributed by atoms with Gasteiger partial charge in [0, 0.05) is 11.6 Å². The minimum Gasteiger partial charge on any atom is -0.493 e. The van der Waals surface area contributed by atoms with Gasteiger partial charge in [0.05, 0.1) is 38.3 Å². The third kappa shape index (κ3) is 3.78. The second-order valence-electron chi connectivity index (χ2n) is 8.09. The van der Waals surface area contributed by atoms with Crippen molar-refractivity contribution in [2.45, 2.75) is 12.6 Å². The molecule has 7 nitrogen and oxygen atoms in total. The van der Waals surface area contributed by atoms with Crippen LogP contribution in [0.4, 0.5) is 0 Å². The fourth-order valence-corrected chi connectivity index (χ4v) is 4.65. The number of ether oxygens (including phenoxy) is 3. The molecule has 4 aromatic rings. The molecule has 0 saturated heterocycles. The maximum absolute atomic E-state index is 13.7. The van der Waals surface area contributed by atoms with Crippen molar-refractivity contribution in [3.05, 3.63) is 98.4 Å². The van der Waals surface area contributed by atoms with Crippen LogP contribution < -0.4 is 19.6 Å². The van der Waals surface area contributed by atoms with Crippen molar-refractivity contribution in [1.29, 1.82) is 0 Å². The lowest BCUT2D eigenvalue weighted by atomic mass is 9.97. The summed E-state index contributed by atoms with van der Waals surface area (Å²) in [5, 5.41) is 0.999. The molecule has 1 atom stereocenters. The molecule has 1 aromatic heterocycles. The Bertz CT molecular complexity index is 1470. The molecule has 3 aromatic carbocycles. The summed E-state index contributed by atoms with van der Waals surface area (Å²) in [5.74, 6) is 0.898. The Labute approximate surface area is 206 Å². The largest absolute Gasteiger partial charge is 0.493 e. The Hall–Kier alpha value is -3.97. The molecule has 0 fully saturated rings. The average molecular weight is 492 g/mol. The summed E-state index contributed by atoms with van der Waals surface area (Å²) >= 11 is 6.05. The molecule has 1 unspecified atom stereocenters. The maximum Gasteiger partial charge on any atom is 0.291 e. The molecule has 0 aliphatic carbocycles. The van der Waals surface area contributed by atoms with E-state index in [1.807, 2.05) is 12.1 Å². The number of amides is 1. The second kappa shape index (κ2) is 9.00. The molecular weight excluding hydrogens is 470 g/mol. The van der Waals surface area contributed by atoms with Crippen molar-refractivity contribution in [1.82, 2.24) is 4.90 Å². The molecule has 0 bridgehead atoms. The lowest BCUT2D eigenvalue weighted by Crippen LogP contribution is -2.29. The SMILES string of the molecule is COc1cc(C2c3c(oc4ccccc4c3=O)C(=O)N2Cc2ccc(Cl)cc2)cc(OC)c1OC. The fourth-order valence-electron chi connectivity index (χ4n) is 4.52. The van der Waals surface area contributed by atoms with Gasteiger partial charge in [-0.3, -0.25) is 9.59 Å². The number of carbonyl (C=O) groups is 1. The number of rotatable bonds is 6. The van der Waals surface area contributed by atoms with E-state index >= 15 is 0 Å². The minimum atomic E-state index is -0.734.